The van der Waals surface area contributed by atoms with E-state index >= 15 is 0 Å². The van der Waals surface area contributed by atoms with Gasteiger partial charge in [0.15, 0.2) is 0 Å². The third-order valence-electron chi connectivity index (χ3n) is 2.67. The minimum atomic E-state index is -0.215. The quantitative estimate of drug-likeness (QED) is 0.446. The predicted octanol–water partition coefficient (Wildman–Crippen LogP) is 3.23. The number of ether oxygens (including phenoxy) is 2. The van der Waals surface area contributed by atoms with Gasteiger partial charge in [-0.05, 0) is 25.7 Å². The number of hydrogen-bond donors (Lipinski definition) is 0. The average Bonchev–Trinajstić information content (AvgIpc) is 2.26. The molecule has 0 spiro atoms. The lowest BCUT2D eigenvalue weighted by atomic mass is 10.1. The molecule has 0 aliphatic carbocycles. The largest absolute Gasteiger partial charge is 0.466 e. The Morgan fingerprint density at radius 3 is 2.17 bits per heavy atom. The summed E-state index contributed by atoms with van der Waals surface area (Å²) in [5.41, 5.74) is 0. The van der Waals surface area contributed by atoms with Gasteiger partial charge in [0.25, 0.3) is 0 Å². The highest BCUT2D eigenvalue weighted by molar-refractivity contribution is 5.66. The number of carbonyl (C=O) groups excluding carboxylic acids is 2. The van der Waals surface area contributed by atoms with Crippen molar-refractivity contribution in [3.8, 4) is 0 Å². The fraction of sp³-hybridized carbons (Fsp3) is 0.857. The molecule has 1 atom stereocenters. The Balaban J connectivity index is 3.48. The summed E-state index contributed by atoms with van der Waals surface area (Å²) in [5, 5.41) is 0. The van der Waals surface area contributed by atoms with Gasteiger partial charge < -0.3 is 9.47 Å². The van der Waals surface area contributed by atoms with Crippen LogP contribution >= 0.6 is 0 Å². The summed E-state index contributed by atoms with van der Waals surface area (Å²) < 4.78 is 10.1. The zero-order chi connectivity index (χ0) is 13.8. The first-order valence-electron chi connectivity index (χ1n) is 6.86. The van der Waals surface area contributed by atoms with E-state index in [2.05, 4.69) is 6.92 Å². The molecule has 0 aromatic rings. The summed E-state index contributed by atoms with van der Waals surface area (Å²) in [6, 6.07) is 0. The van der Waals surface area contributed by atoms with Crippen molar-refractivity contribution in [3.63, 3.8) is 0 Å². The van der Waals surface area contributed by atoms with Crippen molar-refractivity contribution >= 4 is 11.9 Å². The Bertz CT molecular complexity index is 238. The van der Waals surface area contributed by atoms with Crippen LogP contribution in [0.15, 0.2) is 0 Å². The Kier molecular flexibility index (Phi) is 10.4. The standard InChI is InChI=1S/C14H26O4/c1-4-9-14(18-13(3)16)10-7-5-6-8-11-17-12(2)15/h14H,4-11H2,1-3H3/t14-/m0/s1. The molecule has 0 bridgehead atoms. The molecule has 0 saturated heterocycles. The van der Waals surface area contributed by atoms with Crippen molar-refractivity contribution in [2.24, 2.45) is 0 Å². The molecule has 0 aromatic heterocycles. The van der Waals surface area contributed by atoms with E-state index in [1.165, 1.54) is 13.8 Å². The van der Waals surface area contributed by atoms with Crippen LogP contribution in [0.25, 0.3) is 0 Å². The molecule has 0 aromatic carbocycles. The number of hydrogen-bond acceptors (Lipinski definition) is 4. The number of esters is 2. The van der Waals surface area contributed by atoms with E-state index in [0.29, 0.717) is 6.61 Å². The van der Waals surface area contributed by atoms with Gasteiger partial charge >= 0.3 is 11.9 Å². The summed E-state index contributed by atoms with van der Waals surface area (Å²) >= 11 is 0. The van der Waals surface area contributed by atoms with Gasteiger partial charge in [0, 0.05) is 13.8 Å². The number of carbonyl (C=O) groups is 2. The monoisotopic (exact) mass is 258 g/mol. The molecule has 0 N–H and O–H groups in total. The molecule has 18 heavy (non-hydrogen) atoms. The maximum absolute atomic E-state index is 10.9. The molecule has 0 radical (unpaired) electrons. The fourth-order valence-electron chi connectivity index (χ4n) is 1.86. The minimum absolute atomic E-state index is 0.0703. The van der Waals surface area contributed by atoms with Gasteiger partial charge in [-0.2, -0.15) is 0 Å². The van der Waals surface area contributed by atoms with Crippen LogP contribution in [0.3, 0.4) is 0 Å². The highest BCUT2D eigenvalue weighted by Crippen LogP contribution is 2.13. The van der Waals surface area contributed by atoms with E-state index in [-0.39, 0.29) is 18.0 Å². The maximum Gasteiger partial charge on any atom is 0.302 e. The molecule has 0 saturated carbocycles. The van der Waals surface area contributed by atoms with Gasteiger partial charge in [-0.3, -0.25) is 9.59 Å². The molecule has 4 nitrogen and oxygen atoms in total. The zero-order valence-corrected chi connectivity index (χ0v) is 11.9. The molecule has 0 aliphatic heterocycles. The van der Waals surface area contributed by atoms with Crippen molar-refractivity contribution in [3.05, 3.63) is 0 Å². The highest BCUT2D eigenvalue weighted by atomic mass is 16.5. The second kappa shape index (κ2) is 11.1. The van der Waals surface area contributed by atoms with Gasteiger partial charge in [0.05, 0.1) is 6.61 Å². The van der Waals surface area contributed by atoms with Crippen molar-refractivity contribution in [2.45, 2.75) is 71.8 Å². The molecule has 4 heteroatoms. The Hall–Kier alpha value is -1.06. The molecule has 106 valence electrons. The summed E-state index contributed by atoms with van der Waals surface area (Å²) in [4.78, 5) is 21.4. The predicted molar refractivity (Wildman–Crippen MR) is 70.2 cm³/mol. The third-order valence-corrected chi connectivity index (χ3v) is 2.67. The van der Waals surface area contributed by atoms with Crippen LogP contribution in [-0.2, 0) is 19.1 Å². The van der Waals surface area contributed by atoms with Crippen LogP contribution in [0.4, 0.5) is 0 Å². The Morgan fingerprint density at radius 2 is 1.61 bits per heavy atom. The lowest BCUT2D eigenvalue weighted by molar-refractivity contribution is -0.147. The van der Waals surface area contributed by atoms with Gasteiger partial charge in [0.1, 0.15) is 6.10 Å². The fourth-order valence-corrected chi connectivity index (χ4v) is 1.86. The molecule has 0 rings (SSSR count). The van der Waals surface area contributed by atoms with Crippen LogP contribution in [-0.4, -0.2) is 24.6 Å². The average molecular weight is 258 g/mol. The molecule has 0 amide bonds. The van der Waals surface area contributed by atoms with Crippen LogP contribution in [0.2, 0.25) is 0 Å². The second-order valence-electron chi connectivity index (χ2n) is 4.56. The van der Waals surface area contributed by atoms with Gasteiger partial charge in [0.2, 0.25) is 0 Å². The van der Waals surface area contributed by atoms with E-state index < -0.39 is 0 Å². The van der Waals surface area contributed by atoms with Crippen LogP contribution in [0.1, 0.15) is 65.7 Å². The van der Waals surface area contributed by atoms with Gasteiger partial charge in [-0.1, -0.05) is 26.2 Å². The lowest BCUT2D eigenvalue weighted by Crippen LogP contribution is -2.15. The van der Waals surface area contributed by atoms with E-state index in [1.807, 2.05) is 0 Å². The number of rotatable bonds is 10. The Morgan fingerprint density at radius 1 is 0.944 bits per heavy atom. The third kappa shape index (κ3) is 11.4. The van der Waals surface area contributed by atoms with Crippen molar-refractivity contribution < 1.29 is 19.1 Å². The number of unbranched alkanes of at least 4 members (excludes halogenated alkanes) is 3. The zero-order valence-electron chi connectivity index (χ0n) is 11.9. The smallest absolute Gasteiger partial charge is 0.302 e. The second-order valence-corrected chi connectivity index (χ2v) is 4.56. The van der Waals surface area contributed by atoms with Crippen LogP contribution < -0.4 is 0 Å². The first kappa shape index (κ1) is 16.9. The van der Waals surface area contributed by atoms with Crippen molar-refractivity contribution in [2.75, 3.05) is 6.61 Å². The minimum Gasteiger partial charge on any atom is -0.466 e. The maximum atomic E-state index is 10.9. The molecule has 0 unspecified atom stereocenters. The molecule has 0 fully saturated rings. The van der Waals surface area contributed by atoms with Gasteiger partial charge in [-0.15, -0.1) is 0 Å². The summed E-state index contributed by atoms with van der Waals surface area (Å²) in [5.74, 6) is -0.406. The van der Waals surface area contributed by atoms with E-state index in [9.17, 15) is 9.59 Å². The van der Waals surface area contributed by atoms with Crippen molar-refractivity contribution in [1.82, 2.24) is 0 Å². The first-order valence-corrected chi connectivity index (χ1v) is 6.86. The topological polar surface area (TPSA) is 52.6 Å². The Labute approximate surface area is 110 Å². The summed E-state index contributed by atoms with van der Waals surface area (Å²) in [6.07, 6.45) is 7.07. The highest BCUT2D eigenvalue weighted by Gasteiger charge is 2.10. The summed E-state index contributed by atoms with van der Waals surface area (Å²) in [7, 11) is 0. The summed E-state index contributed by atoms with van der Waals surface area (Å²) in [6.45, 7) is 5.49. The first-order chi connectivity index (χ1) is 8.56. The van der Waals surface area contributed by atoms with Crippen molar-refractivity contribution in [1.29, 1.82) is 0 Å². The van der Waals surface area contributed by atoms with E-state index in [0.717, 1.165) is 44.9 Å². The van der Waals surface area contributed by atoms with Crippen LogP contribution in [0, 0.1) is 0 Å². The molecular weight excluding hydrogens is 232 g/mol. The molecular formula is C14H26O4. The van der Waals surface area contributed by atoms with E-state index in [4.69, 9.17) is 9.47 Å². The molecule has 0 heterocycles. The van der Waals surface area contributed by atoms with Gasteiger partial charge in [-0.25, -0.2) is 0 Å². The van der Waals surface area contributed by atoms with E-state index in [1.54, 1.807) is 0 Å². The molecule has 0 aliphatic rings. The normalized spacial score (nSPS) is 11.9. The SMILES string of the molecule is CCC[C@@H](CCCCCCOC(C)=O)OC(C)=O. The lowest BCUT2D eigenvalue weighted by Gasteiger charge is -2.15. The van der Waals surface area contributed by atoms with Crippen LogP contribution in [0.5, 0.6) is 0 Å².